The summed E-state index contributed by atoms with van der Waals surface area (Å²) in [7, 11) is 3.52. The van der Waals surface area contributed by atoms with E-state index in [1.165, 1.54) is 11.3 Å². The van der Waals surface area contributed by atoms with Gasteiger partial charge in [-0.3, -0.25) is 4.79 Å². The average molecular weight is 268 g/mol. The van der Waals surface area contributed by atoms with Crippen LogP contribution in [0.3, 0.4) is 0 Å². The summed E-state index contributed by atoms with van der Waals surface area (Å²) in [5.41, 5.74) is 1.13. The van der Waals surface area contributed by atoms with Crippen molar-refractivity contribution in [3.8, 4) is 0 Å². The van der Waals surface area contributed by atoms with E-state index >= 15 is 0 Å². The van der Waals surface area contributed by atoms with E-state index in [1.54, 1.807) is 30.3 Å². The zero-order valence-corrected chi connectivity index (χ0v) is 11.1. The summed E-state index contributed by atoms with van der Waals surface area (Å²) in [5, 5.41) is 15.7. The molecule has 2 aromatic heterocycles. The van der Waals surface area contributed by atoms with Crippen molar-refractivity contribution >= 4 is 33.7 Å². The minimum absolute atomic E-state index is 0.102. The number of nitrogens with one attached hydrogen (secondary N) is 1. The van der Waals surface area contributed by atoms with Gasteiger partial charge in [0.05, 0.1) is 0 Å². The molecule has 1 N–H and O–H groups in total. The summed E-state index contributed by atoms with van der Waals surface area (Å²) < 4.78 is 0. The van der Waals surface area contributed by atoms with Gasteiger partial charge in [-0.05, 0) is 22.4 Å². The van der Waals surface area contributed by atoms with E-state index < -0.39 is 0 Å². The first-order valence-electron chi connectivity index (χ1n) is 4.98. The van der Waals surface area contributed by atoms with Crippen molar-refractivity contribution in [3.63, 3.8) is 0 Å². The van der Waals surface area contributed by atoms with E-state index in [4.69, 9.17) is 0 Å². The molecule has 0 bridgehead atoms. The lowest BCUT2D eigenvalue weighted by molar-refractivity contribution is 0.0784. The monoisotopic (exact) mass is 268 g/mol. The van der Waals surface area contributed by atoms with E-state index in [2.05, 4.69) is 15.5 Å². The zero-order valence-electron chi connectivity index (χ0n) is 9.51. The molecule has 0 saturated carbocycles. The van der Waals surface area contributed by atoms with Crippen LogP contribution >= 0.6 is 22.7 Å². The molecule has 0 spiro atoms. The fourth-order valence-corrected chi connectivity index (χ4v) is 2.65. The Kier molecular flexibility index (Phi) is 3.70. The van der Waals surface area contributed by atoms with Crippen LogP contribution in [0.1, 0.15) is 15.4 Å². The largest absolute Gasteiger partial charge is 0.363 e. The second-order valence-corrected chi connectivity index (χ2v) is 5.21. The van der Waals surface area contributed by atoms with Crippen LogP contribution in [0.15, 0.2) is 16.8 Å². The lowest BCUT2D eigenvalue weighted by Gasteiger charge is -2.13. The highest BCUT2D eigenvalue weighted by Crippen LogP contribution is 2.17. The maximum atomic E-state index is 12.0. The Labute approximate surface area is 107 Å². The van der Waals surface area contributed by atoms with Crippen molar-refractivity contribution in [1.82, 2.24) is 15.1 Å². The van der Waals surface area contributed by atoms with Gasteiger partial charge in [0, 0.05) is 20.6 Å². The molecule has 2 aromatic rings. The second kappa shape index (κ2) is 5.24. The van der Waals surface area contributed by atoms with E-state index in [9.17, 15) is 4.79 Å². The molecule has 0 aliphatic rings. The molecule has 17 heavy (non-hydrogen) atoms. The van der Waals surface area contributed by atoms with Crippen LogP contribution in [0, 0.1) is 0 Å². The molecular weight excluding hydrogens is 256 g/mol. The van der Waals surface area contributed by atoms with Crippen LogP contribution in [0.5, 0.6) is 0 Å². The maximum absolute atomic E-state index is 12.0. The Hall–Kier alpha value is -1.47. The molecule has 2 rings (SSSR count). The van der Waals surface area contributed by atoms with Gasteiger partial charge in [-0.1, -0.05) is 11.3 Å². The van der Waals surface area contributed by atoms with Crippen LogP contribution in [-0.2, 0) is 6.54 Å². The fourth-order valence-electron chi connectivity index (χ4n) is 1.30. The number of hydrogen-bond donors (Lipinski definition) is 1. The summed E-state index contributed by atoms with van der Waals surface area (Å²) in [6.45, 7) is 0.594. The highest BCUT2D eigenvalue weighted by atomic mass is 32.1. The minimum Gasteiger partial charge on any atom is -0.363 e. The zero-order chi connectivity index (χ0) is 12.3. The van der Waals surface area contributed by atoms with Crippen LogP contribution in [0.4, 0.5) is 5.13 Å². The van der Waals surface area contributed by atoms with Gasteiger partial charge >= 0.3 is 0 Å². The van der Waals surface area contributed by atoms with Gasteiger partial charge in [-0.15, -0.1) is 10.2 Å². The third-order valence-corrected chi connectivity index (χ3v) is 3.83. The SMILES string of the molecule is CNc1nnc(C(=O)N(C)Cc2ccsc2)s1. The van der Waals surface area contributed by atoms with Crippen molar-refractivity contribution in [2.24, 2.45) is 0 Å². The van der Waals surface area contributed by atoms with Crippen molar-refractivity contribution in [3.05, 3.63) is 27.4 Å². The molecule has 0 saturated heterocycles. The van der Waals surface area contributed by atoms with E-state index in [0.29, 0.717) is 16.7 Å². The number of aromatic nitrogens is 2. The van der Waals surface area contributed by atoms with Gasteiger partial charge in [-0.25, -0.2) is 0 Å². The second-order valence-electron chi connectivity index (χ2n) is 3.46. The molecule has 0 radical (unpaired) electrons. The Bertz CT molecular complexity index is 494. The molecular formula is C10H12N4OS2. The van der Waals surface area contributed by atoms with Gasteiger partial charge in [-0.2, -0.15) is 11.3 Å². The Balaban J connectivity index is 2.04. The third kappa shape index (κ3) is 2.80. The highest BCUT2D eigenvalue weighted by Gasteiger charge is 2.17. The number of anilines is 1. The topological polar surface area (TPSA) is 58.1 Å². The van der Waals surface area contributed by atoms with Crippen LogP contribution in [-0.4, -0.2) is 35.1 Å². The molecule has 7 heteroatoms. The van der Waals surface area contributed by atoms with Crippen LogP contribution in [0.25, 0.3) is 0 Å². The lowest BCUT2D eigenvalue weighted by atomic mass is 10.3. The molecule has 0 aromatic carbocycles. The first-order chi connectivity index (χ1) is 8.20. The van der Waals surface area contributed by atoms with E-state index in [0.717, 1.165) is 5.56 Å². The maximum Gasteiger partial charge on any atom is 0.284 e. The Morgan fingerprint density at radius 2 is 2.35 bits per heavy atom. The summed E-state index contributed by atoms with van der Waals surface area (Å²) in [6, 6.07) is 2.01. The van der Waals surface area contributed by atoms with Gasteiger partial charge in [0.25, 0.3) is 5.91 Å². The molecule has 0 aliphatic heterocycles. The van der Waals surface area contributed by atoms with E-state index in [-0.39, 0.29) is 5.91 Å². The molecule has 0 atom stereocenters. The predicted octanol–water partition coefficient (Wildman–Crippen LogP) is 1.91. The number of nitrogens with zero attached hydrogens (tertiary/aromatic N) is 3. The first-order valence-corrected chi connectivity index (χ1v) is 6.74. The number of amides is 1. The van der Waals surface area contributed by atoms with Gasteiger partial charge in [0.2, 0.25) is 10.1 Å². The first kappa shape index (κ1) is 12.0. The fraction of sp³-hybridized carbons (Fsp3) is 0.300. The number of thiophene rings is 1. The van der Waals surface area contributed by atoms with Crippen LogP contribution < -0.4 is 5.32 Å². The molecule has 5 nitrogen and oxygen atoms in total. The number of hydrogen-bond acceptors (Lipinski definition) is 6. The Morgan fingerprint density at radius 3 is 2.94 bits per heavy atom. The standard InChI is InChI=1S/C10H12N4OS2/c1-11-10-13-12-8(17-10)9(15)14(2)5-7-3-4-16-6-7/h3-4,6H,5H2,1-2H3,(H,11,13). The molecule has 90 valence electrons. The molecule has 0 aliphatic carbocycles. The minimum atomic E-state index is -0.102. The normalized spacial score (nSPS) is 10.2. The van der Waals surface area contributed by atoms with Gasteiger partial charge < -0.3 is 10.2 Å². The molecule has 0 fully saturated rings. The summed E-state index contributed by atoms with van der Waals surface area (Å²) in [6.07, 6.45) is 0. The van der Waals surface area contributed by atoms with Crippen molar-refractivity contribution in [1.29, 1.82) is 0 Å². The molecule has 2 heterocycles. The van der Waals surface area contributed by atoms with Crippen molar-refractivity contribution in [2.75, 3.05) is 19.4 Å². The number of carbonyl (C=O) groups is 1. The molecule has 1 amide bonds. The van der Waals surface area contributed by atoms with E-state index in [1.807, 2.05) is 16.8 Å². The molecule has 0 unspecified atom stereocenters. The summed E-state index contributed by atoms with van der Waals surface area (Å²) in [4.78, 5) is 13.7. The smallest absolute Gasteiger partial charge is 0.284 e. The third-order valence-electron chi connectivity index (χ3n) is 2.17. The summed E-state index contributed by atoms with van der Waals surface area (Å²) in [5.74, 6) is -0.102. The highest BCUT2D eigenvalue weighted by molar-refractivity contribution is 7.17. The predicted molar refractivity (Wildman–Crippen MR) is 69.6 cm³/mol. The summed E-state index contributed by atoms with van der Waals surface area (Å²) >= 11 is 2.88. The number of rotatable bonds is 4. The van der Waals surface area contributed by atoms with Crippen molar-refractivity contribution < 1.29 is 4.79 Å². The van der Waals surface area contributed by atoms with Crippen LogP contribution in [0.2, 0.25) is 0 Å². The van der Waals surface area contributed by atoms with Crippen molar-refractivity contribution in [2.45, 2.75) is 6.54 Å². The average Bonchev–Trinajstić information content (AvgIpc) is 2.98. The van der Waals surface area contributed by atoms with Gasteiger partial charge in [0.15, 0.2) is 0 Å². The number of carbonyl (C=O) groups excluding carboxylic acids is 1. The Morgan fingerprint density at radius 1 is 1.53 bits per heavy atom. The van der Waals surface area contributed by atoms with Gasteiger partial charge in [0.1, 0.15) is 0 Å². The quantitative estimate of drug-likeness (QED) is 0.920. The lowest BCUT2D eigenvalue weighted by Crippen LogP contribution is -2.25.